The number of carbonyl (C=O) groups is 2. The number of aliphatic carboxylic acids is 1. The van der Waals surface area contributed by atoms with Gasteiger partial charge in [0.05, 0.1) is 5.39 Å². The molecule has 1 aliphatic rings. The van der Waals surface area contributed by atoms with Crippen LogP contribution in [-0.4, -0.2) is 76.3 Å². The van der Waals surface area contributed by atoms with Gasteiger partial charge in [0.1, 0.15) is 23.5 Å². The van der Waals surface area contributed by atoms with E-state index in [1.807, 2.05) is 4.90 Å². The molecule has 1 amide bonds. The van der Waals surface area contributed by atoms with Gasteiger partial charge in [-0.15, -0.1) is 0 Å². The minimum absolute atomic E-state index is 0.00316. The Bertz CT molecular complexity index is 1460. The number of carboxylic acids is 1. The fourth-order valence-corrected chi connectivity index (χ4v) is 4.13. The van der Waals surface area contributed by atoms with Gasteiger partial charge < -0.3 is 23.8 Å². The van der Waals surface area contributed by atoms with Crippen molar-refractivity contribution in [2.24, 2.45) is 0 Å². The van der Waals surface area contributed by atoms with Crippen LogP contribution < -0.4 is 0 Å². The number of fused-ring (bicyclic) bond motifs is 1. The van der Waals surface area contributed by atoms with Crippen molar-refractivity contribution in [1.82, 2.24) is 19.9 Å². The van der Waals surface area contributed by atoms with Gasteiger partial charge in [0, 0.05) is 30.3 Å². The summed E-state index contributed by atoms with van der Waals surface area (Å²) < 4.78 is 55.9. The molecular formula is C26H24F4N4O5. The number of amides is 1. The number of hydrogen-bond donors (Lipinski definition) is 1. The van der Waals surface area contributed by atoms with Crippen LogP contribution in [0.5, 0.6) is 0 Å². The number of hydrogen-bond acceptors (Lipinski definition) is 7. The maximum absolute atomic E-state index is 13.2. The number of nitrogens with zero attached hydrogens (tertiary/aromatic N) is 4. The van der Waals surface area contributed by atoms with Crippen LogP contribution >= 0.6 is 0 Å². The molecule has 39 heavy (non-hydrogen) atoms. The zero-order valence-corrected chi connectivity index (χ0v) is 20.9. The number of likely N-dealkylation sites (tertiary alicyclic amines) is 1. The van der Waals surface area contributed by atoms with E-state index in [-0.39, 0.29) is 11.7 Å². The van der Waals surface area contributed by atoms with Gasteiger partial charge in [-0.2, -0.15) is 13.2 Å². The highest BCUT2D eigenvalue weighted by Crippen LogP contribution is 2.31. The van der Waals surface area contributed by atoms with E-state index in [1.165, 1.54) is 18.4 Å². The van der Waals surface area contributed by atoms with Crippen molar-refractivity contribution in [3.05, 3.63) is 60.1 Å². The Kier molecular flexibility index (Phi) is 8.00. The molecule has 1 saturated heterocycles. The lowest BCUT2D eigenvalue weighted by Gasteiger charge is -2.35. The summed E-state index contributed by atoms with van der Waals surface area (Å²) in [6.45, 7) is 1.47. The standard InChI is InChI=1S/C24H23FN4O3.C2HF3O2/c1-28(2)18-9-11-29(12-10-18)24(30)16-5-8-21-19(13-16)22(27-32-21)20-14-31-23(26-20)15-3-6-17(25)7-4-15;3-2(4,5)1(6)7/h3-8,13-14,18H,9-12H2,1-2H3;(H,6,7). The Morgan fingerprint density at radius 1 is 1.08 bits per heavy atom. The van der Waals surface area contributed by atoms with Crippen LogP contribution in [0.15, 0.2) is 57.7 Å². The monoisotopic (exact) mass is 548 g/mol. The summed E-state index contributed by atoms with van der Waals surface area (Å²) in [4.78, 5) is 30.6. The number of rotatable bonds is 4. The topological polar surface area (TPSA) is 113 Å². The minimum Gasteiger partial charge on any atom is -0.475 e. The van der Waals surface area contributed by atoms with Crippen molar-refractivity contribution in [3.63, 3.8) is 0 Å². The molecule has 0 atom stereocenters. The largest absolute Gasteiger partial charge is 0.490 e. The van der Waals surface area contributed by atoms with E-state index < -0.39 is 12.1 Å². The lowest BCUT2D eigenvalue weighted by atomic mass is 10.0. The third-order valence-corrected chi connectivity index (χ3v) is 6.28. The van der Waals surface area contributed by atoms with Crippen molar-refractivity contribution in [3.8, 4) is 22.8 Å². The molecule has 4 aromatic rings. The maximum Gasteiger partial charge on any atom is 0.490 e. The van der Waals surface area contributed by atoms with Crippen LogP contribution in [0.2, 0.25) is 0 Å². The molecular weight excluding hydrogens is 524 g/mol. The predicted octanol–water partition coefficient (Wildman–Crippen LogP) is 5.09. The molecule has 1 aliphatic heterocycles. The number of carbonyl (C=O) groups excluding carboxylic acids is 1. The molecule has 0 saturated carbocycles. The summed E-state index contributed by atoms with van der Waals surface area (Å²) in [5, 5.41) is 12.0. The Morgan fingerprint density at radius 3 is 2.31 bits per heavy atom. The van der Waals surface area contributed by atoms with Gasteiger partial charge in [-0.05, 0) is 69.4 Å². The highest BCUT2D eigenvalue weighted by atomic mass is 19.4. The first-order valence-electron chi connectivity index (χ1n) is 11.8. The SMILES string of the molecule is CN(C)C1CCN(C(=O)c2ccc3onc(-c4coc(-c5ccc(F)cc5)n4)c3c2)CC1.O=C(O)C(F)(F)F. The van der Waals surface area contributed by atoms with Gasteiger partial charge in [-0.1, -0.05) is 5.16 Å². The molecule has 2 aromatic heterocycles. The van der Waals surface area contributed by atoms with Crippen LogP contribution in [0.3, 0.4) is 0 Å². The van der Waals surface area contributed by atoms with Crippen molar-refractivity contribution < 1.29 is 41.2 Å². The van der Waals surface area contributed by atoms with Crippen molar-refractivity contribution in [2.75, 3.05) is 27.2 Å². The zero-order chi connectivity index (χ0) is 28.3. The summed E-state index contributed by atoms with van der Waals surface area (Å²) in [7, 11) is 4.16. The lowest BCUT2D eigenvalue weighted by molar-refractivity contribution is -0.192. The van der Waals surface area contributed by atoms with Gasteiger partial charge >= 0.3 is 12.1 Å². The maximum atomic E-state index is 13.2. The first-order valence-corrected chi connectivity index (χ1v) is 11.8. The van der Waals surface area contributed by atoms with Crippen LogP contribution in [-0.2, 0) is 4.79 Å². The molecule has 2 aromatic carbocycles. The second-order valence-corrected chi connectivity index (χ2v) is 9.08. The molecule has 9 nitrogen and oxygen atoms in total. The normalized spacial score (nSPS) is 14.4. The quantitative estimate of drug-likeness (QED) is 0.351. The van der Waals surface area contributed by atoms with E-state index in [0.717, 1.165) is 25.9 Å². The average Bonchev–Trinajstić information content (AvgIpc) is 3.55. The fourth-order valence-electron chi connectivity index (χ4n) is 4.13. The molecule has 1 fully saturated rings. The summed E-state index contributed by atoms with van der Waals surface area (Å²) in [6.07, 6.45) is -1.67. The first kappa shape index (κ1) is 27.8. The molecule has 13 heteroatoms. The predicted molar refractivity (Wildman–Crippen MR) is 131 cm³/mol. The van der Waals surface area contributed by atoms with Gasteiger partial charge in [0.15, 0.2) is 5.58 Å². The smallest absolute Gasteiger partial charge is 0.475 e. The molecule has 206 valence electrons. The van der Waals surface area contributed by atoms with Crippen molar-refractivity contribution in [1.29, 1.82) is 0 Å². The van der Waals surface area contributed by atoms with E-state index in [0.29, 0.717) is 45.4 Å². The minimum atomic E-state index is -5.08. The lowest BCUT2D eigenvalue weighted by Crippen LogP contribution is -2.44. The number of benzene rings is 2. The van der Waals surface area contributed by atoms with Gasteiger partial charge in [0.2, 0.25) is 5.89 Å². The molecule has 0 unspecified atom stereocenters. The number of alkyl halides is 3. The average molecular weight is 548 g/mol. The number of piperidine rings is 1. The third-order valence-electron chi connectivity index (χ3n) is 6.28. The summed E-state index contributed by atoms with van der Waals surface area (Å²) >= 11 is 0. The van der Waals surface area contributed by atoms with Crippen LogP contribution in [0.4, 0.5) is 17.6 Å². The van der Waals surface area contributed by atoms with Crippen LogP contribution in [0.25, 0.3) is 33.8 Å². The Labute approximate surface area is 219 Å². The Hall–Kier alpha value is -4.26. The van der Waals surface area contributed by atoms with E-state index in [1.54, 1.807) is 30.3 Å². The number of aromatic nitrogens is 2. The molecule has 0 spiro atoms. The van der Waals surface area contributed by atoms with Gasteiger partial charge in [0.25, 0.3) is 5.91 Å². The van der Waals surface area contributed by atoms with Crippen LogP contribution in [0, 0.1) is 5.82 Å². The Morgan fingerprint density at radius 2 is 1.72 bits per heavy atom. The molecule has 0 aliphatic carbocycles. The van der Waals surface area contributed by atoms with E-state index in [4.69, 9.17) is 18.8 Å². The highest BCUT2D eigenvalue weighted by Gasteiger charge is 2.38. The van der Waals surface area contributed by atoms with Crippen molar-refractivity contribution in [2.45, 2.75) is 25.1 Å². The first-order chi connectivity index (χ1) is 18.4. The summed E-state index contributed by atoms with van der Waals surface area (Å²) in [5.41, 5.74) is 2.79. The van der Waals surface area contributed by atoms with E-state index in [2.05, 4.69) is 29.1 Å². The van der Waals surface area contributed by atoms with Crippen molar-refractivity contribution >= 4 is 22.8 Å². The zero-order valence-electron chi connectivity index (χ0n) is 20.9. The van der Waals surface area contributed by atoms with E-state index in [9.17, 15) is 22.4 Å². The number of oxazole rings is 1. The molecule has 0 radical (unpaired) electrons. The second-order valence-electron chi connectivity index (χ2n) is 9.08. The second kappa shape index (κ2) is 11.2. The molecule has 5 rings (SSSR count). The van der Waals surface area contributed by atoms with E-state index >= 15 is 0 Å². The molecule has 1 N–H and O–H groups in total. The van der Waals surface area contributed by atoms with Gasteiger partial charge in [-0.3, -0.25) is 4.79 Å². The van der Waals surface area contributed by atoms with Crippen LogP contribution in [0.1, 0.15) is 23.2 Å². The molecule has 3 heterocycles. The fraction of sp³-hybridized carbons (Fsp3) is 0.308. The Balaban J connectivity index is 0.000000448. The van der Waals surface area contributed by atoms with Gasteiger partial charge in [-0.25, -0.2) is 14.2 Å². The molecule has 0 bridgehead atoms. The summed E-state index contributed by atoms with van der Waals surface area (Å²) in [6, 6.07) is 11.7. The summed E-state index contributed by atoms with van der Waals surface area (Å²) in [5.74, 6) is -2.73. The number of halogens is 4. The number of carboxylic acid groups (broad SMARTS) is 1. The third kappa shape index (κ3) is 6.42. The highest BCUT2D eigenvalue weighted by molar-refractivity contribution is 6.00.